The van der Waals surface area contributed by atoms with E-state index >= 15 is 0 Å². The normalized spacial score (nSPS) is 14.4. The first kappa shape index (κ1) is 22.3. The molecule has 170 valence electrons. The van der Waals surface area contributed by atoms with Crippen molar-refractivity contribution in [2.75, 3.05) is 11.4 Å². The molecule has 2 aromatic heterocycles. The van der Waals surface area contributed by atoms with Crippen molar-refractivity contribution < 1.29 is 18.8 Å². The fraction of sp³-hybridized carbons (Fsp3) is 0.280. The monoisotopic (exact) mass is 446 g/mol. The molecule has 1 saturated carbocycles. The first-order valence-electron chi connectivity index (χ1n) is 11.0. The van der Waals surface area contributed by atoms with Crippen LogP contribution >= 0.6 is 0 Å². The van der Waals surface area contributed by atoms with Crippen molar-refractivity contribution >= 4 is 23.4 Å². The fourth-order valence-electron chi connectivity index (χ4n) is 4.07. The van der Waals surface area contributed by atoms with Gasteiger partial charge in [0.05, 0.1) is 12.8 Å². The minimum Gasteiger partial charge on any atom is -0.459 e. The van der Waals surface area contributed by atoms with Gasteiger partial charge in [-0.15, -0.1) is 0 Å². The lowest BCUT2D eigenvalue weighted by atomic mass is 10.0. The molecular formula is C25H26N4O4. The van der Waals surface area contributed by atoms with E-state index in [1.54, 1.807) is 54.9 Å². The minimum absolute atomic E-state index is 0.0862. The maximum Gasteiger partial charge on any atom is 0.287 e. The lowest BCUT2D eigenvalue weighted by molar-refractivity contribution is -0.126. The highest BCUT2D eigenvalue weighted by atomic mass is 16.3. The van der Waals surface area contributed by atoms with Crippen LogP contribution in [0.25, 0.3) is 0 Å². The van der Waals surface area contributed by atoms with Gasteiger partial charge in [0, 0.05) is 29.7 Å². The number of furan rings is 1. The van der Waals surface area contributed by atoms with Gasteiger partial charge in [0.15, 0.2) is 5.76 Å². The molecule has 8 nitrogen and oxygen atoms in total. The largest absolute Gasteiger partial charge is 0.459 e. The summed E-state index contributed by atoms with van der Waals surface area (Å²) in [4.78, 5) is 44.9. The molecule has 1 atom stereocenters. The second kappa shape index (κ2) is 10.6. The van der Waals surface area contributed by atoms with Gasteiger partial charge in [-0.3, -0.25) is 24.3 Å². The molecule has 0 bridgehead atoms. The van der Waals surface area contributed by atoms with Crippen LogP contribution < -0.4 is 15.5 Å². The first-order chi connectivity index (χ1) is 16.1. The van der Waals surface area contributed by atoms with Gasteiger partial charge in [0.2, 0.25) is 11.8 Å². The smallest absolute Gasteiger partial charge is 0.287 e. The zero-order valence-electron chi connectivity index (χ0n) is 18.1. The van der Waals surface area contributed by atoms with E-state index in [0.29, 0.717) is 11.3 Å². The predicted octanol–water partition coefficient (Wildman–Crippen LogP) is 3.24. The second-order valence-corrected chi connectivity index (χ2v) is 7.94. The van der Waals surface area contributed by atoms with E-state index in [1.165, 1.54) is 17.2 Å². The van der Waals surface area contributed by atoms with Crippen LogP contribution in [0.5, 0.6) is 0 Å². The molecule has 0 unspecified atom stereocenters. The zero-order chi connectivity index (χ0) is 23.0. The van der Waals surface area contributed by atoms with Gasteiger partial charge in [-0.1, -0.05) is 37.1 Å². The average Bonchev–Trinajstić information content (AvgIpc) is 3.56. The Labute approximate surface area is 192 Å². The van der Waals surface area contributed by atoms with E-state index in [4.69, 9.17) is 4.42 Å². The third-order valence-corrected chi connectivity index (χ3v) is 5.66. The van der Waals surface area contributed by atoms with E-state index in [-0.39, 0.29) is 24.3 Å². The van der Waals surface area contributed by atoms with Crippen molar-refractivity contribution in [2.24, 2.45) is 0 Å². The molecule has 0 aliphatic heterocycles. The number of para-hydroxylation sites is 1. The molecule has 2 N–H and O–H groups in total. The summed E-state index contributed by atoms with van der Waals surface area (Å²) in [5.74, 6) is -1.10. The Bertz CT molecular complexity index is 1060. The predicted molar refractivity (Wildman–Crippen MR) is 122 cm³/mol. The van der Waals surface area contributed by atoms with Crippen molar-refractivity contribution in [1.82, 2.24) is 15.6 Å². The molecule has 0 radical (unpaired) electrons. The molecule has 1 aliphatic carbocycles. The number of nitrogens with zero attached hydrogens (tertiary/aromatic N) is 2. The summed E-state index contributed by atoms with van der Waals surface area (Å²) in [6, 6.07) is 14.7. The Kier molecular flexibility index (Phi) is 7.14. The van der Waals surface area contributed by atoms with Crippen LogP contribution in [0.15, 0.2) is 77.7 Å². The van der Waals surface area contributed by atoms with Gasteiger partial charge in [0.1, 0.15) is 6.04 Å². The molecule has 2 heterocycles. The van der Waals surface area contributed by atoms with Crippen LogP contribution in [0.2, 0.25) is 0 Å². The lowest BCUT2D eigenvalue weighted by Crippen LogP contribution is -2.49. The molecule has 1 fully saturated rings. The summed E-state index contributed by atoms with van der Waals surface area (Å²) in [5, 5.41) is 5.69. The summed E-state index contributed by atoms with van der Waals surface area (Å²) < 4.78 is 5.09. The molecule has 0 spiro atoms. The minimum atomic E-state index is -0.935. The SMILES string of the molecule is O=C(NCC(=O)N(c1ccccc1)[C@@H](C(=O)NC1CCCC1)c1cccnc1)c1ccco1. The number of carbonyl (C=O) groups excluding carboxylic acids is 3. The highest BCUT2D eigenvalue weighted by molar-refractivity contribution is 6.04. The van der Waals surface area contributed by atoms with Gasteiger partial charge >= 0.3 is 0 Å². The number of pyridine rings is 1. The van der Waals surface area contributed by atoms with E-state index < -0.39 is 17.9 Å². The van der Waals surface area contributed by atoms with Gasteiger partial charge in [0.25, 0.3) is 5.91 Å². The standard InChI is InChI=1S/C25H26N4O4/c30-22(17-27-24(31)21-13-7-15-33-21)29(20-11-2-1-3-12-20)23(18-8-6-14-26-16-18)25(32)28-19-9-4-5-10-19/h1-3,6-8,11-16,19,23H,4-5,9-10,17H2,(H,27,31)(H,28,32)/t23-/m1/s1. The van der Waals surface area contributed by atoms with Crippen molar-refractivity contribution in [2.45, 2.75) is 37.8 Å². The van der Waals surface area contributed by atoms with Crippen LogP contribution in [-0.4, -0.2) is 35.3 Å². The topological polar surface area (TPSA) is 105 Å². The van der Waals surface area contributed by atoms with Crippen molar-refractivity contribution in [3.05, 3.63) is 84.6 Å². The van der Waals surface area contributed by atoms with Gasteiger partial charge in [-0.25, -0.2) is 0 Å². The summed E-state index contributed by atoms with van der Waals surface area (Å²) in [5.41, 5.74) is 1.13. The van der Waals surface area contributed by atoms with Crippen molar-refractivity contribution in [3.63, 3.8) is 0 Å². The summed E-state index contributed by atoms with van der Waals surface area (Å²) in [6.45, 7) is -0.304. The third kappa shape index (κ3) is 5.46. The number of nitrogens with one attached hydrogen (secondary N) is 2. The Morgan fingerprint density at radius 3 is 2.48 bits per heavy atom. The van der Waals surface area contributed by atoms with E-state index in [2.05, 4.69) is 15.6 Å². The maximum atomic E-state index is 13.5. The second-order valence-electron chi connectivity index (χ2n) is 7.94. The number of rotatable bonds is 8. The van der Waals surface area contributed by atoms with Crippen LogP contribution in [0.3, 0.4) is 0 Å². The number of anilines is 1. The third-order valence-electron chi connectivity index (χ3n) is 5.66. The van der Waals surface area contributed by atoms with E-state index in [0.717, 1.165) is 25.7 Å². The summed E-state index contributed by atoms with van der Waals surface area (Å²) >= 11 is 0. The molecule has 3 amide bonds. The Morgan fingerprint density at radius 2 is 1.82 bits per heavy atom. The Morgan fingerprint density at radius 1 is 1.03 bits per heavy atom. The van der Waals surface area contributed by atoms with Crippen molar-refractivity contribution in [3.8, 4) is 0 Å². The molecule has 3 aromatic rings. The van der Waals surface area contributed by atoms with Gasteiger partial charge in [-0.2, -0.15) is 0 Å². The molecule has 1 aliphatic rings. The number of hydrogen-bond acceptors (Lipinski definition) is 5. The molecule has 33 heavy (non-hydrogen) atoms. The zero-order valence-corrected chi connectivity index (χ0v) is 18.1. The number of amides is 3. The molecule has 8 heteroatoms. The number of hydrogen-bond donors (Lipinski definition) is 2. The van der Waals surface area contributed by atoms with Gasteiger partial charge < -0.3 is 15.1 Å². The Hall–Kier alpha value is -3.94. The van der Waals surface area contributed by atoms with Gasteiger partial charge in [-0.05, 0) is 43.2 Å². The van der Waals surface area contributed by atoms with Crippen LogP contribution in [0, 0.1) is 0 Å². The summed E-state index contributed by atoms with van der Waals surface area (Å²) in [7, 11) is 0. The molecule has 0 saturated heterocycles. The first-order valence-corrected chi connectivity index (χ1v) is 11.0. The van der Waals surface area contributed by atoms with E-state index in [9.17, 15) is 14.4 Å². The van der Waals surface area contributed by atoms with Crippen LogP contribution in [0.1, 0.15) is 47.8 Å². The highest BCUT2D eigenvalue weighted by Gasteiger charge is 2.34. The van der Waals surface area contributed by atoms with Crippen LogP contribution in [-0.2, 0) is 9.59 Å². The van der Waals surface area contributed by atoms with Crippen LogP contribution in [0.4, 0.5) is 5.69 Å². The lowest BCUT2D eigenvalue weighted by Gasteiger charge is -2.32. The maximum absolute atomic E-state index is 13.5. The number of benzene rings is 1. The van der Waals surface area contributed by atoms with Crippen molar-refractivity contribution in [1.29, 1.82) is 0 Å². The highest BCUT2D eigenvalue weighted by Crippen LogP contribution is 2.28. The number of carbonyl (C=O) groups is 3. The van der Waals surface area contributed by atoms with E-state index in [1.807, 2.05) is 6.07 Å². The summed E-state index contributed by atoms with van der Waals surface area (Å²) in [6.07, 6.45) is 8.58. The molecule has 4 rings (SSSR count). The molecule has 1 aromatic carbocycles. The number of aromatic nitrogens is 1. The molecular weight excluding hydrogens is 420 g/mol. The average molecular weight is 447 g/mol. The fourth-order valence-corrected chi connectivity index (χ4v) is 4.07. The Balaban J connectivity index is 1.63. The quantitative estimate of drug-likeness (QED) is 0.553.